The topological polar surface area (TPSA) is 58.6 Å². The molecule has 18 heavy (non-hydrogen) atoms. The number of hydrogen-bond donors (Lipinski definition) is 1. The highest BCUT2D eigenvalue weighted by atomic mass is 16.1. The lowest BCUT2D eigenvalue weighted by atomic mass is 10.0. The Labute approximate surface area is 106 Å². The molecular weight excluding hydrogens is 226 g/mol. The van der Waals surface area contributed by atoms with Crippen LogP contribution < -0.4 is 0 Å². The van der Waals surface area contributed by atoms with Crippen molar-refractivity contribution in [2.45, 2.75) is 32.6 Å². The van der Waals surface area contributed by atoms with Gasteiger partial charge in [0.25, 0.3) is 0 Å². The van der Waals surface area contributed by atoms with Gasteiger partial charge in [0.15, 0.2) is 6.29 Å². The fraction of sp³-hybridized carbons (Fsp3) is 0.357. The van der Waals surface area contributed by atoms with Crippen LogP contribution in [-0.4, -0.2) is 21.5 Å². The average molecular weight is 243 g/mol. The first-order valence-electron chi connectivity index (χ1n) is 6.29. The third kappa shape index (κ3) is 2.64. The number of carbonyl (C=O) groups is 1. The predicted octanol–water partition coefficient (Wildman–Crippen LogP) is 3.02. The van der Waals surface area contributed by atoms with Crippen molar-refractivity contribution in [2.24, 2.45) is 0 Å². The summed E-state index contributed by atoms with van der Waals surface area (Å²) in [5.74, 6) is 0. The Bertz CT molecular complexity index is 519. The molecule has 2 heterocycles. The van der Waals surface area contributed by atoms with Gasteiger partial charge in [0.05, 0.1) is 23.1 Å². The molecular formula is C14H17N3O. The fourth-order valence-corrected chi connectivity index (χ4v) is 2.01. The number of aromatic amines is 1. The molecule has 0 atom stereocenters. The Morgan fingerprint density at radius 3 is 3.06 bits per heavy atom. The minimum absolute atomic E-state index is 0.561. The van der Waals surface area contributed by atoms with E-state index >= 15 is 0 Å². The van der Waals surface area contributed by atoms with Crippen molar-refractivity contribution in [1.82, 2.24) is 15.2 Å². The zero-order valence-electron chi connectivity index (χ0n) is 10.5. The maximum atomic E-state index is 10.9. The van der Waals surface area contributed by atoms with Crippen molar-refractivity contribution in [3.63, 3.8) is 0 Å². The zero-order valence-corrected chi connectivity index (χ0v) is 10.5. The minimum Gasteiger partial charge on any atom is -0.298 e. The molecule has 0 bridgehead atoms. The van der Waals surface area contributed by atoms with Crippen LogP contribution >= 0.6 is 0 Å². The number of aromatic nitrogens is 3. The van der Waals surface area contributed by atoms with Crippen molar-refractivity contribution in [3.05, 3.63) is 35.7 Å². The van der Waals surface area contributed by atoms with Gasteiger partial charge in [-0.15, -0.1) is 0 Å². The van der Waals surface area contributed by atoms with E-state index in [1.54, 1.807) is 6.20 Å². The van der Waals surface area contributed by atoms with Gasteiger partial charge in [0.2, 0.25) is 0 Å². The van der Waals surface area contributed by atoms with Gasteiger partial charge >= 0.3 is 0 Å². The number of unbranched alkanes of at least 4 members (excludes halogenated alkanes) is 2. The standard InChI is InChI=1S/C14H17N3O/c1-2-3-4-6-11-7-5-8-15-13(11)14-12(10-18)9-16-17-14/h5,7-10H,2-4,6H2,1H3,(H,16,17). The van der Waals surface area contributed by atoms with Gasteiger partial charge in [-0.25, -0.2) is 0 Å². The van der Waals surface area contributed by atoms with Crippen molar-refractivity contribution < 1.29 is 4.79 Å². The number of nitrogens with zero attached hydrogens (tertiary/aromatic N) is 2. The lowest BCUT2D eigenvalue weighted by molar-refractivity contribution is 0.112. The lowest BCUT2D eigenvalue weighted by Gasteiger charge is -2.06. The van der Waals surface area contributed by atoms with E-state index in [-0.39, 0.29) is 0 Å². The first-order valence-corrected chi connectivity index (χ1v) is 6.29. The van der Waals surface area contributed by atoms with Crippen LogP contribution in [0.4, 0.5) is 0 Å². The van der Waals surface area contributed by atoms with Crippen LogP contribution in [0.1, 0.15) is 42.1 Å². The molecule has 0 fully saturated rings. The second kappa shape index (κ2) is 6.10. The molecule has 1 N–H and O–H groups in total. The molecule has 0 spiro atoms. The molecule has 0 saturated heterocycles. The molecule has 2 aromatic heterocycles. The monoisotopic (exact) mass is 243 g/mol. The lowest BCUT2D eigenvalue weighted by Crippen LogP contribution is -1.96. The van der Waals surface area contributed by atoms with Crippen LogP contribution in [0.3, 0.4) is 0 Å². The van der Waals surface area contributed by atoms with Crippen LogP contribution in [0, 0.1) is 0 Å². The van der Waals surface area contributed by atoms with E-state index in [4.69, 9.17) is 0 Å². The smallest absolute Gasteiger partial charge is 0.153 e. The number of H-pyrrole nitrogens is 1. The summed E-state index contributed by atoms with van der Waals surface area (Å²) in [7, 11) is 0. The number of pyridine rings is 1. The molecule has 4 nitrogen and oxygen atoms in total. The quantitative estimate of drug-likeness (QED) is 0.626. The first-order chi connectivity index (χ1) is 8.86. The summed E-state index contributed by atoms with van der Waals surface area (Å²) in [5, 5.41) is 6.77. The van der Waals surface area contributed by atoms with Gasteiger partial charge in [0.1, 0.15) is 0 Å². The highest BCUT2D eigenvalue weighted by molar-refractivity contribution is 5.84. The molecule has 0 aliphatic heterocycles. The van der Waals surface area contributed by atoms with Crippen molar-refractivity contribution in [2.75, 3.05) is 0 Å². The van der Waals surface area contributed by atoms with E-state index in [0.29, 0.717) is 5.56 Å². The van der Waals surface area contributed by atoms with Crippen LogP contribution in [0.25, 0.3) is 11.4 Å². The second-order valence-corrected chi connectivity index (χ2v) is 4.29. The molecule has 2 rings (SSSR count). The SMILES string of the molecule is CCCCCc1cccnc1-c1[nH]ncc1C=O. The largest absolute Gasteiger partial charge is 0.298 e. The molecule has 0 radical (unpaired) electrons. The highest BCUT2D eigenvalue weighted by Crippen LogP contribution is 2.23. The average Bonchev–Trinajstić information content (AvgIpc) is 2.88. The van der Waals surface area contributed by atoms with E-state index in [0.717, 1.165) is 30.5 Å². The van der Waals surface area contributed by atoms with Crippen molar-refractivity contribution >= 4 is 6.29 Å². The zero-order chi connectivity index (χ0) is 12.8. The molecule has 0 aliphatic rings. The van der Waals surface area contributed by atoms with E-state index in [1.807, 2.05) is 6.07 Å². The Morgan fingerprint density at radius 1 is 1.39 bits per heavy atom. The Morgan fingerprint density at radius 2 is 2.28 bits per heavy atom. The Balaban J connectivity index is 2.29. The summed E-state index contributed by atoms with van der Waals surface area (Å²) in [6, 6.07) is 4.00. The first kappa shape index (κ1) is 12.5. The summed E-state index contributed by atoms with van der Waals surface area (Å²) in [5.41, 5.74) is 3.29. The maximum Gasteiger partial charge on any atom is 0.153 e. The Kier molecular flexibility index (Phi) is 4.23. The van der Waals surface area contributed by atoms with E-state index < -0.39 is 0 Å². The molecule has 0 aliphatic carbocycles. The van der Waals surface area contributed by atoms with Gasteiger partial charge in [0, 0.05) is 6.20 Å². The second-order valence-electron chi connectivity index (χ2n) is 4.29. The normalized spacial score (nSPS) is 10.5. The van der Waals surface area contributed by atoms with E-state index in [9.17, 15) is 4.79 Å². The molecule has 0 aromatic carbocycles. The van der Waals surface area contributed by atoms with E-state index in [2.05, 4.69) is 28.2 Å². The molecule has 2 aromatic rings. The van der Waals surface area contributed by atoms with Gasteiger partial charge in [-0.1, -0.05) is 25.8 Å². The minimum atomic E-state index is 0.561. The summed E-state index contributed by atoms with van der Waals surface area (Å²) in [6.07, 6.45) is 8.61. The maximum absolute atomic E-state index is 10.9. The molecule has 94 valence electrons. The number of aldehydes is 1. The fourth-order valence-electron chi connectivity index (χ4n) is 2.01. The third-order valence-electron chi connectivity index (χ3n) is 2.97. The van der Waals surface area contributed by atoms with Crippen molar-refractivity contribution in [1.29, 1.82) is 0 Å². The van der Waals surface area contributed by atoms with Gasteiger partial charge < -0.3 is 0 Å². The number of nitrogens with one attached hydrogen (secondary N) is 1. The van der Waals surface area contributed by atoms with Crippen LogP contribution in [-0.2, 0) is 6.42 Å². The van der Waals surface area contributed by atoms with E-state index in [1.165, 1.54) is 24.6 Å². The van der Waals surface area contributed by atoms with Gasteiger partial charge in [-0.3, -0.25) is 14.9 Å². The predicted molar refractivity (Wildman–Crippen MR) is 70.4 cm³/mol. The molecule has 0 unspecified atom stereocenters. The summed E-state index contributed by atoms with van der Waals surface area (Å²) in [6.45, 7) is 2.18. The summed E-state index contributed by atoms with van der Waals surface area (Å²) < 4.78 is 0. The van der Waals surface area contributed by atoms with Gasteiger partial charge in [-0.05, 0) is 24.5 Å². The third-order valence-corrected chi connectivity index (χ3v) is 2.97. The molecule has 0 amide bonds. The van der Waals surface area contributed by atoms with Crippen LogP contribution in [0.15, 0.2) is 24.5 Å². The molecule has 0 saturated carbocycles. The Hall–Kier alpha value is -1.97. The van der Waals surface area contributed by atoms with Crippen LogP contribution in [0.2, 0.25) is 0 Å². The van der Waals surface area contributed by atoms with Gasteiger partial charge in [-0.2, -0.15) is 5.10 Å². The number of aryl methyl sites for hydroxylation is 1. The number of carbonyl (C=O) groups excluding carboxylic acids is 1. The summed E-state index contributed by atoms with van der Waals surface area (Å²) in [4.78, 5) is 15.3. The number of hydrogen-bond acceptors (Lipinski definition) is 3. The van der Waals surface area contributed by atoms with Crippen LogP contribution in [0.5, 0.6) is 0 Å². The highest BCUT2D eigenvalue weighted by Gasteiger charge is 2.12. The number of rotatable bonds is 6. The molecule has 4 heteroatoms. The van der Waals surface area contributed by atoms with Crippen molar-refractivity contribution in [3.8, 4) is 11.4 Å². The summed E-state index contributed by atoms with van der Waals surface area (Å²) >= 11 is 0.